The molecule has 12 aromatic rings. The minimum Gasteiger partial charge on any atom is -0.456 e. The highest BCUT2D eigenvalue weighted by molar-refractivity contribution is 7.20. The van der Waals surface area contributed by atoms with Crippen LogP contribution in [0.4, 0.5) is 0 Å². The Hall–Kier alpha value is -7.40. The molecule has 0 atom stereocenters. The Labute approximate surface area is 336 Å². The molecular formula is C54H36N2OSi. The Kier molecular flexibility index (Phi) is 7.25. The second kappa shape index (κ2) is 12.8. The number of fused-ring (bicyclic) bond motifs is 9. The second-order valence-corrected chi connectivity index (χ2v) is 19.1. The lowest BCUT2D eigenvalue weighted by atomic mass is 10.1. The van der Waals surface area contributed by atoms with Gasteiger partial charge in [-0.2, -0.15) is 0 Å². The topological polar surface area (TPSA) is 23.0 Å². The molecule has 0 unspecified atom stereocenters. The van der Waals surface area contributed by atoms with Crippen molar-refractivity contribution >= 4 is 94.4 Å². The van der Waals surface area contributed by atoms with E-state index in [0.29, 0.717) is 0 Å². The minimum atomic E-state index is -2.91. The van der Waals surface area contributed by atoms with Crippen molar-refractivity contribution in [3.05, 3.63) is 218 Å². The summed E-state index contributed by atoms with van der Waals surface area (Å²) in [5, 5.41) is 12.6. The molecule has 3 aromatic heterocycles. The van der Waals surface area contributed by atoms with Gasteiger partial charge in [0.25, 0.3) is 0 Å². The van der Waals surface area contributed by atoms with Gasteiger partial charge in [-0.05, 0) is 81.4 Å². The van der Waals surface area contributed by atoms with Crippen LogP contribution < -0.4 is 20.7 Å². The first kappa shape index (κ1) is 32.8. The molecule has 9 aromatic carbocycles. The molecule has 0 fully saturated rings. The maximum absolute atomic E-state index is 6.37. The lowest BCUT2D eigenvalue weighted by Crippen LogP contribution is -2.74. The van der Waals surface area contributed by atoms with Gasteiger partial charge in [-0.3, -0.25) is 0 Å². The number of aromatic nitrogens is 2. The average Bonchev–Trinajstić information content (AvgIpc) is 3.95. The van der Waals surface area contributed by atoms with Gasteiger partial charge < -0.3 is 13.6 Å². The average molecular weight is 757 g/mol. The van der Waals surface area contributed by atoms with E-state index in [9.17, 15) is 0 Å². The second-order valence-electron chi connectivity index (χ2n) is 15.3. The first-order chi connectivity index (χ1) is 28.8. The number of rotatable bonds is 6. The number of hydrogen-bond acceptors (Lipinski definition) is 1. The Balaban J connectivity index is 1.12. The quantitative estimate of drug-likeness (QED) is 0.122. The van der Waals surface area contributed by atoms with Crippen LogP contribution in [-0.4, -0.2) is 17.2 Å². The lowest BCUT2D eigenvalue weighted by molar-refractivity contribution is 0.669. The number of para-hydroxylation sites is 4. The lowest BCUT2D eigenvalue weighted by Gasteiger charge is -2.34. The molecule has 0 bridgehead atoms. The van der Waals surface area contributed by atoms with Crippen molar-refractivity contribution in [1.29, 1.82) is 0 Å². The van der Waals surface area contributed by atoms with E-state index < -0.39 is 8.07 Å². The summed E-state index contributed by atoms with van der Waals surface area (Å²) >= 11 is 0. The molecule has 0 aliphatic heterocycles. The van der Waals surface area contributed by atoms with Gasteiger partial charge in [-0.25, -0.2) is 0 Å². The number of furan rings is 1. The summed E-state index contributed by atoms with van der Waals surface area (Å²) in [6.07, 6.45) is 0. The van der Waals surface area contributed by atoms with Gasteiger partial charge in [0, 0.05) is 43.7 Å². The van der Waals surface area contributed by atoms with Crippen LogP contribution in [0.5, 0.6) is 0 Å². The molecule has 0 amide bonds. The van der Waals surface area contributed by atoms with Crippen LogP contribution in [0.15, 0.2) is 223 Å². The van der Waals surface area contributed by atoms with Crippen molar-refractivity contribution in [1.82, 2.24) is 9.13 Å². The van der Waals surface area contributed by atoms with Gasteiger partial charge in [0.05, 0.1) is 22.1 Å². The minimum absolute atomic E-state index is 0.910. The van der Waals surface area contributed by atoms with E-state index in [0.717, 1.165) is 33.3 Å². The Morgan fingerprint density at radius 1 is 0.276 bits per heavy atom. The molecule has 3 heterocycles. The summed E-state index contributed by atoms with van der Waals surface area (Å²) in [6, 6.07) is 80.3. The molecule has 0 saturated carbocycles. The number of nitrogens with zero attached hydrogens (tertiary/aromatic N) is 2. The highest BCUT2D eigenvalue weighted by Gasteiger charge is 2.42. The highest BCUT2D eigenvalue weighted by Crippen LogP contribution is 2.37. The largest absolute Gasteiger partial charge is 0.456 e. The molecule has 0 N–H and O–H groups in total. The van der Waals surface area contributed by atoms with E-state index in [4.69, 9.17) is 4.42 Å². The van der Waals surface area contributed by atoms with E-state index in [1.807, 2.05) is 6.07 Å². The monoisotopic (exact) mass is 756 g/mol. The van der Waals surface area contributed by atoms with Crippen LogP contribution in [0, 0.1) is 0 Å². The zero-order valence-corrected chi connectivity index (χ0v) is 32.6. The van der Waals surface area contributed by atoms with Gasteiger partial charge in [0.2, 0.25) is 0 Å². The van der Waals surface area contributed by atoms with Crippen molar-refractivity contribution in [3.63, 3.8) is 0 Å². The van der Waals surface area contributed by atoms with Crippen LogP contribution in [0.1, 0.15) is 0 Å². The highest BCUT2D eigenvalue weighted by atomic mass is 28.3. The molecule has 0 radical (unpaired) electrons. The molecule has 0 spiro atoms. The Morgan fingerprint density at radius 2 is 0.741 bits per heavy atom. The van der Waals surface area contributed by atoms with Crippen molar-refractivity contribution in [2.24, 2.45) is 0 Å². The van der Waals surface area contributed by atoms with Crippen LogP contribution in [0.3, 0.4) is 0 Å². The third-order valence-corrected chi connectivity index (χ3v) is 17.0. The van der Waals surface area contributed by atoms with Gasteiger partial charge in [-0.15, -0.1) is 0 Å². The normalized spacial score (nSPS) is 12.1. The van der Waals surface area contributed by atoms with Crippen LogP contribution in [0.25, 0.3) is 76.9 Å². The van der Waals surface area contributed by atoms with Crippen LogP contribution in [-0.2, 0) is 0 Å². The van der Waals surface area contributed by atoms with E-state index in [2.05, 4.69) is 221 Å². The van der Waals surface area contributed by atoms with Gasteiger partial charge >= 0.3 is 0 Å². The van der Waals surface area contributed by atoms with E-state index in [1.165, 1.54) is 64.4 Å². The predicted molar refractivity (Wildman–Crippen MR) is 246 cm³/mol. The molecule has 58 heavy (non-hydrogen) atoms. The first-order valence-electron chi connectivity index (χ1n) is 19.9. The van der Waals surface area contributed by atoms with Crippen LogP contribution >= 0.6 is 0 Å². The molecule has 12 rings (SSSR count). The summed E-state index contributed by atoms with van der Waals surface area (Å²) in [7, 11) is -2.91. The van der Waals surface area contributed by atoms with Crippen molar-refractivity contribution in [3.8, 4) is 11.4 Å². The summed E-state index contributed by atoms with van der Waals surface area (Å²) in [4.78, 5) is 0. The first-order valence-corrected chi connectivity index (χ1v) is 21.9. The molecule has 0 saturated heterocycles. The summed E-state index contributed by atoms with van der Waals surface area (Å²) in [6.45, 7) is 0. The zero-order valence-electron chi connectivity index (χ0n) is 31.6. The molecule has 0 aliphatic carbocycles. The Morgan fingerprint density at radius 3 is 1.38 bits per heavy atom. The third kappa shape index (κ3) is 4.73. The Bertz CT molecular complexity index is 3430. The predicted octanol–water partition coefficient (Wildman–Crippen LogP) is 11.2. The summed E-state index contributed by atoms with van der Waals surface area (Å²) in [5.41, 5.74) is 8.92. The van der Waals surface area contributed by atoms with Gasteiger partial charge in [-0.1, -0.05) is 158 Å². The third-order valence-electron chi connectivity index (χ3n) is 12.3. The van der Waals surface area contributed by atoms with Gasteiger partial charge in [0.1, 0.15) is 11.2 Å². The maximum atomic E-state index is 6.37. The molecule has 3 nitrogen and oxygen atoms in total. The van der Waals surface area contributed by atoms with Crippen molar-refractivity contribution in [2.45, 2.75) is 0 Å². The number of benzene rings is 9. The van der Waals surface area contributed by atoms with E-state index in [1.54, 1.807) is 0 Å². The van der Waals surface area contributed by atoms with Gasteiger partial charge in [0.15, 0.2) is 8.07 Å². The molecule has 4 heteroatoms. The SMILES string of the molecule is c1ccc([Si](c2ccccc2)(c2cccc(-n3c4ccccc4c4cc(-n5c6ccccc6c6ccccc65)ccc43)c2)c2ccc3oc4ccccc4c3c2)cc1. The number of hydrogen-bond donors (Lipinski definition) is 0. The van der Waals surface area contributed by atoms with Crippen molar-refractivity contribution < 1.29 is 4.42 Å². The van der Waals surface area contributed by atoms with Crippen molar-refractivity contribution in [2.75, 3.05) is 0 Å². The molecule has 0 aliphatic rings. The fourth-order valence-electron chi connectivity index (χ4n) is 9.79. The van der Waals surface area contributed by atoms with E-state index >= 15 is 0 Å². The molecular weight excluding hydrogens is 721 g/mol. The fraction of sp³-hybridized carbons (Fsp3) is 0. The molecule has 272 valence electrons. The standard InChI is InChI=1S/C54H36N2OSi/c1-3-17-39(18-4-1)58(40-19-5-2-6-20-40,42-31-33-54-48(36-42)46-25-10-14-29-53(46)57-54)41-21-15-16-37(34-41)55-51-28-13-9-24-45(51)47-35-38(30-32-52(47)55)56-49-26-11-7-22-43(49)44-23-8-12-27-50(44)56/h1-36H. The summed E-state index contributed by atoms with van der Waals surface area (Å²) < 4.78 is 11.2. The smallest absolute Gasteiger partial charge is 0.179 e. The maximum Gasteiger partial charge on any atom is 0.179 e. The van der Waals surface area contributed by atoms with E-state index in [-0.39, 0.29) is 0 Å². The fourth-order valence-corrected chi connectivity index (χ4v) is 14.6. The van der Waals surface area contributed by atoms with Crippen LogP contribution in [0.2, 0.25) is 0 Å². The zero-order chi connectivity index (χ0) is 38.2. The summed E-state index contributed by atoms with van der Waals surface area (Å²) in [5.74, 6) is 0.